The molecule has 7 heteroatoms. The standard InChI is InChI=1S/C30H30N6O/c1-18-10-15-22(16-19(18)2)33-29(37)25-26-28(35-24-9-7-6-8-23(24)34-26)36(27(25)31)32-17-20-11-13-21(14-12-20)30(3,4)5/h6-17H,31H2,1-5H3,(H,33,37)/b32-17-. The van der Waals surface area contributed by atoms with Gasteiger partial charge in [0.1, 0.15) is 16.9 Å². The van der Waals surface area contributed by atoms with E-state index in [9.17, 15) is 4.79 Å². The van der Waals surface area contributed by atoms with E-state index in [1.807, 2.05) is 68.4 Å². The molecular formula is C30H30N6O. The number of aromatic nitrogens is 3. The maximum atomic E-state index is 13.5. The van der Waals surface area contributed by atoms with E-state index in [1.165, 1.54) is 10.2 Å². The largest absolute Gasteiger partial charge is 0.383 e. The van der Waals surface area contributed by atoms with E-state index in [1.54, 1.807) is 6.21 Å². The van der Waals surface area contributed by atoms with Gasteiger partial charge in [-0.2, -0.15) is 9.78 Å². The Morgan fingerprint density at radius 2 is 1.62 bits per heavy atom. The number of nitrogen functional groups attached to an aromatic ring is 1. The minimum Gasteiger partial charge on any atom is -0.383 e. The van der Waals surface area contributed by atoms with E-state index < -0.39 is 0 Å². The maximum Gasteiger partial charge on any atom is 0.261 e. The molecule has 0 saturated heterocycles. The van der Waals surface area contributed by atoms with Crippen LogP contribution in [-0.4, -0.2) is 26.8 Å². The van der Waals surface area contributed by atoms with E-state index >= 15 is 0 Å². The Hall–Kier alpha value is -4.52. The van der Waals surface area contributed by atoms with Gasteiger partial charge in [-0.1, -0.05) is 63.2 Å². The summed E-state index contributed by atoms with van der Waals surface area (Å²) in [6, 6.07) is 21.5. The molecule has 2 aromatic heterocycles. The van der Waals surface area contributed by atoms with E-state index in [2.05, 4.69) is 43.3 Å². The lowest BCUT2D eigenvalue weighted by atomic mass is 9.87. The highest BCUT2D eigenvalue weighted by Gasteiger charge is 2.24. The van der Waals surface area contributed by atoms with Crippen molar-refractivity contribution >= 4 is 45.8 Å². The minimum absolute atomic E-state index is 0.0611. The summed E-state index contributed by atoms with van der Waals surface area (Å²) in [5.74, 6) is -0.187. The molecule has 3 N–H and O–H groups in total. The van der Waals surface area contributed by atoms with E-state index in [-0.39, 0.29) is 22.7 Å². The monoisotopic (exact) mass is 490 g/mol. The number of hydrogen-bond donors (Lipinski definition) is 2. The van der Waals surface area contributed by atoms with Crippen molar-refractivity contribution in [3.05, 3.63) is 94.5 Å². The second-order valence-electron chi connectivity index (χ2n) is 10.3. The fourth-order valence-electron chi connectivity index (χ4n) is 4.19. The molecule has 5 rings (SSSR count). The van der Waals surface area contributed by atoms with Gasteiger partial charge in [-0.05, 0) is 65.8 Å². The van der Waals surface area contributed by atoms with E-state index in [4.69, 9.17) is 15.7 Å². The van der Waals surface area contributed by atoms with Crippen molar-refractivity contribution in [2.45, 2.75) is 40.0 Å². The topological polar surface area (TPSA) is 98.2 Å². The number of fused-ring (bicyclic) bond motifs is 2. The first-order valence-corrected chi connectivity index (χ1v) is 12.2. The van der Waals surface area contributed by atoms with E-state index in [0.717, 1.165) is 16.7 Å². The summed E-state index contributed by atoms with van der Waals surface area (Å²) in [6.07, 6.45) is 1.71. The van der Waals surface area contributed by atoms with Crippen LogP contribution < -0.4 is 11.1 Å². The predicted octanol–water partition coefficient (Wildman–Crippen LogP) is 6.22. The highest BCUT2D eigenvalue weighted by molar-refractivity contribution is 6.16. The number of hydrogen-bond acceptors (Lipinski definition) is 5. The third-order valence-corrected chi connectivity index (χ3v) is 6.56. The van der Waals surface area contributed by atoms with Crippen LogP contribution in [0.4, 0.5) is 11.5 Å². The molecule has 0 radical (unpaired) electrons. The Balaban J connectivity index is 1.60. The van der Waals surface area contributed by atoms with Gasteiger partial charge in [0.25, 0.3) is 5.91 Å². The van der Waals surface area contributed by atoms with Crippen LogP contribution in [0.2, 0.25) is 0 Å². The first-order valence-electron chi connectivity index (χ1n) is 12.2. The number of anilines is 2. The Bertz CT molecular complexity index is 1670. The SMILES string of the molecule is Cc1ccc(NC(=O)c2c(N)n(/N=C\c3ccc(C(C)(C)C)cc3)c3nc4ccccc4nc23)cc1C. The molecule has 0 saturated carbocycles. The van der Waals surface area contributed by atoms with Gasteiger partial charge < -0.3 is 11.1 Å². The second-order valence-corrected chi connectivity index (χ2v) is 10.3. The minimum atomic E-state index is -0.362. The average molecular weight is 491 g/mol. The van der Waals surface area contributed by atoms with Crippen LogP contribution in [0.5, 0.6) is 0 Å². The lowest BCUT2D eigenvalue weighted by Gasteiger charge is -2.18. The zero-order chi connectivity index (χ0) is 26.3. The summed E-state index contributed by atoms with van der Waals surface area (Å²) in [7, 11) is 0. The van der Waals surface area contributed by atoms with Gasteiger partial charge in [-0.3, -0.25) is 4.79 Å². The lowest BCUT2D eigenvalue weighted by Crippen LogP contribution is -2.14. The fourth-order valence-corrected chi connectivity index (χ4v) is 4.19. The third kappa shape index (κ3) is 4.68. The number of rotatable bonds is 4. The van der Waals surface area contributed by atoms with Gasteiger partial charge in [0.15, 0.2) is 5.65 Å². The number of aryl methyl sites for hydroxylation is 2. The number of nitrogens with zero attached hydrogens (tertiary/aromatic N) is 4. The van der Waals surface area contributed by atoms with Crippen LogP contribution in [0.25, 0.3) is 22.2 Å². The fraction of sp³-hybridized carbons (Fsp3) is 0.200. The van der Waals surface area contributed by atoms with Crippen molar-refractivity contribution in [2.24, 2.45) is 5.10 Å². The first-order chi connectivity index (χ1) is 17.6. The summed E-state index contributed by atoms with van der Waals surface area (Å²) in [5, 5.41) is 7.59. The van der Waals surface area contributed by atoms with Gasteiger partial charge in [-0.25, -0.2) is 9.97 Å². The second kappa shape index (κ2) is 9.17. The number of carbonyl (C=O) groups is 1. The Morgan fingerprint density at radius 1 is 0.946 bits per heavy atom. The summed E-state index contributed by atoms with van der Waals surface area (Å²) in [5.41, 5.74) is 14.1. The Morgan fingerprint density at radius 3 is 2.27 bits per heavy atom. The summed E-state index contributed by atoms with van der Waals surface area (Å²) >= 11 is 0. The van der Waals surface area contributed by atoms with Gasteiger partial charge in [0.05, 0.1) is 17.2 Å². The summed E-state index contributed by atoms with van der Waals surface area (Å²) in [4.78, 5) is 23.0. The van der Waals surface area contributed by atoms with Gasteiger partial charge in [-0.15, -0.1) is 0 Å². The van der Waals surface area contributed by atoms with Crippen LogP contribution in [0.1, 0.15) is 53.4 Å². The summed E-state index contributed by atoms with van der Waals surface area (Å²) in [6.45, 7) is 10.6. The number of para-hydroxylation sites is 2. The Labute approximate surface area is 216 Å². The van der Waals surface area contributed by atoms with Crippen LogP contribution in [0.15, 0.2) is 71.8 Å². The molecule has 0 aliphatic carbocycles. The van der Waals surface area contributed by atoms with Crippen molar-refractivity contribution in [3.8, 4) is 0 Å². The number of carbonyl (C=O) groups excluding carboxylic acids is 1. The molecular weight excluding hydrogens is 460 g/mol. The van der Waals surface area contributed by atoms with Crippen LogP contribution in [0.3, 0.4) is 0 Å². The highest BCUT2D eigenvalue weighted by Crippen LogP contribution is 2.29. The van der Waals surface area contributed by atoms with Gasteiger partial charge >= 0.3 is 0 Å². The zero-order valence-electron chi connectivity index (χ0n) is 21.7. The van der Waals surface area contributed by atoms with Crippen molar-refractivity contribution in [2.75, 3.05) is 11.1 Å². The number of benzene rings is 3. The molecule has 0 fully saturated rings. The van der Waals surface area contributed by atoms with E-state index in [0.29, 0.717) is 27.9 Å². The molecule has 5 aromatic rings. The molecule has 0 aliphatic rings. The maximum absolute atomic E-state index is 13.5. The van der Waals surface area contributed by atoms with Crippen molar-refractivity contribution in [3.63, 3.8) is 0 Å². The first kappa shape index (κ1) is 24.2. The van der Waals surface area contributed by atoms with Gasteiger partial charge in [0.2, 0.25) is 0 Å². The van der Waals surface area contributed by atoms with Gasteiger partial charge in [0, 0.05) is 5.69 Å². The molecule has 0 unspecified atom stereocenters. The molecule has 0 atom stereocenters. The predicted molar refractivity (Wildman–Crippen MR) is 151 cm³/mol. The molecule has 0 bridgehead atoms. The number of nitrogens with two attached hydrogens (primary N) is 1. The molecule has 37 heavy (non-hydrogen) atoms. The van der Waals surface area contributed by atoms with Crippen LogP contribution in [0, 0.1) is 13.8 Å². The number of nitrogens with one attached hydrogen (secondary N) is 1. The zero-order valence-corrected chi connectivity index (χ0v) is 21.7. The van der Waals surface area contributed by atoms with Crippen molar-refractivity contribution < 1.29 is 4.79 Å². The number of amides is 1. The molecule has 186 valence electrons. The normalized spacial score (nSPS) is 12.0. The molecule has 1 amide bonds. The lowest BCUT2D eigenvalue weighted by molar-refractivity contribution is 0.102. The molecule has 7 nitrogen and oxygen atoms in total. The van der Waals surface area contributed by atoms with Crippen LogP contribution >= 0.6 is 0 Å². The highest BCUT2D eigenvalue weighted by atomic mass is 16.1. The quantitative estimate of drug-likeness (QED) is 0.292. The molecule has 2 heterocycles. The third-order valence-electron chi connectivity index (χ3n) is 6.56. The summed E-state index contributed by atoms with van der Waals surface area (Å²) < 4.78 is 1.49. The molecule has 0 spiro atoms. The molecule has 0 aliphatic heterocycles. The van der Waals surface area contributed by atoms with Crippen molar-refractivity contribution in [1.29, 1.82) is 0 Å². The molecule has 3 aromatic carbocycles. The van der Waals surface area contributed by atoms with Crippen molar-refractivity contribution in [1.82, 2.24) is 14.6 Å². The average Bonchev–Trinajstić information content (AvgIpc) is 3.13. The van der Waals surface area contributed by atoms with Crippen LogP contribution in [-0.2, 0) is 5.41 Å². The Kier molecular flexibility index (Phi) is 5.99. The smallest absolute Gasteiger partial charge is 0.261 e.